The van der Waals surface area contributed by atoms with Crippen LogP contribution < -0.4 is 76.1 Å². The van der Waals surface area contributed by atoms with Crippen molar-refractivity contribution in [1.29, 1.82) is 10.8 Å². The fourth-order valence-electron chi connectivity index (χ4n) is 9.32. The molecule has 0 radical (unpaired) electrons. The summed E-state index contributed by atoms with van der Waals surface area (Å²) >= 11 is 0. The zero-order chi connectivity index (χ0) is 59.7. The molecule has 1 aromatic heterocycles. The summed E-state index contributed by atoms with van der Waals surface area (Å²) < 4.78 is 0. The lowest BCUT2D eigenvalue weighted by atomic mass is 9.99. The van der Waals surface area contributed by atoms with Gasteiger partial charge < -0.3 is 80.9 Å². The van der Waals surface area contributed by atoms with Gasteiger partial charge in [-0.05, 0) is 86.3 Å². The Balaban J connectivity index is 1.58. The van der Waals surface area contributed by atoms with E-state index in [2.05, 4.69) is 58.2 Å². The summed E-state index contributed by atoms with van der Waals surface area (Å²) in [5.41, 5.74) is 24.9. The Bertz CT molecular complexity index is 2880. The number of primary amides is 2. The third-order valence-electron chi connectivity index (χ3n) is 13.6. The van der Waals surface area contributed by atoms with Crippen molar-refractivity contribution < 1.29 is 48.3 Å². The molecule has 3 aromatic carbocycles. The Labute approximate surface area is 474 Å². The van der Waals surface area contributed by atoms with Gasteiger partial charge in [0.25, 0.3) is 0 Å². The number of aliphatic hydroxyl groups excluding tert-OH is 1. The molecule has 82 heavy (non-hydrogen) atoms. The van der Waals surface area contributed by atoms with Crippen LogP contribution in [0.3, 0.4) is 0 Å². The normalized spacial score (nSPS) is 21.3. The number of para-hydroxylation sites is 1. The molecule has 442 valence electrons. The lowest BCUT2D eigenvalue weighted by Gasteiger charge is -2.31. The molecule has 2 heterocycles. The van der Waals surface area contributed by atoms with Crippen molar-refractivity contribution in [3.05, 3.63) is 107 Å². The number of nitrogens with one attached hydrogen (secondary N) is 13. The number of amides is 9. The SMILES string of the molecule is CC(=O)N[C@@H](CCCNC(=N)N)C(=O)N[C@H]1CC(=O)NCCCCC[C@@H](C(N)=O)NC(=O)[C@H](Cc2c[nH]c3ccccc23)NC(=O)[C@H](CCCNC(=N)N)NC(=O)[C@@H](Cc2ccccc2)NC(O)[C@H](Cc2cccc(C(N)=O)c2)NC1=O. The van der Waals surface area contributed by atoms with Crippen molar-refractivity contribution in [2.75, 3.05) is 19.6 Å². The highest BCUT2D eigenvalue weighted by atomic mass is 16.3. The number of benzene rings is 3. The molecule has 0 bridgehead atoms. The molecule has 1 aliphatic heterocycles. The van der Waals surface area contributed by atoms with Crippen molar-refractivity contribution in [3.63, 3.8) is 0 Å². The van der Waals surface area contributed by atoms with Crippen LogP contribution in [0.4, 0.5) is 0 Å². The van der Waals surface area contributed by atoms with Crippen LogP contribution in [0.1, 0.15) is 91.8 Å². The average Bonchev–Trinajstić information content (AvgIpc) is 4.10. The number of carbonyl (C=O) groups excluding carboxylic acids is 9. The molecule has 1 saturated heterocycles. The molecule has 0 spiro atoms. The van der Waals surface area contributed by atoms with Crippen molar-refractivity contribution >= 4 is 76.0 Å². The standard InChI is InChI=1S/C55H77N17O10/c1-31(73)66-39(20-11-23-63-54(58)59)48(77)72-44-29-45(74)62-22-9-3-6-19-38(47(57)76)67-52(81)43(28-35-30-65-37-18-8-7-17-36(35)37)71-49(78)40(21-12-24-64-55(60)61)68-50(79)41(26-32-13-4-2-5-14-32)69-51(80)42(70-53(44)82)27-33-15-10-16-34(25-33)46(56)75/h2,4-5,7-8,10,13-18,25,30,38-44,51,65,69,80H,3,6,9,11-12,19-24,26-29H2,1H3,(H2,56,75)(H2,57,76)(H,62,74)(H,66,73)(H,67,81)(H,68,79)(H,70,82)(H,71,78)(H,72,77)(H4,58,59,63)(H4,60,61,64)/t38-,39-,40-,41+,42-,43-,44-,51?/m0/s1. The van der Waals surface area contributed by atoms with E-state index in [-0.39, 0.29) is 88.5 Å². The van der Waals surface area contributed by atoms with Gasteiger partial charge in [-0.1, -0.05) is 73.5 Å². The van der Waals surface area contributed by atoms with Gasteiger partial charge in [0.2, 0.25) is 53.2 Å². The lowest BCUT2D eigenvalue weighted by molar-refractivity contribution is -0.135. The molecule has 9 amide bonds. The number of nitrogens with two attached hydrogens (primary N) is 4. The highest BCUT2D eigenvalue weighted by Crippen LogP contribution is 2.20. The molecule has 0 saturated carbocycles. The van der Waals surface area contributed by atoms with Crippen LogP contribution in [-0.2, 0) is 57.6 Å². The van der Waals surface area contributed by atoms with E-state index in [1.54, 1.807) is 42.6 Å². The van der Waals surface area contributed by atoms with Gasteiger partial charge in [0.15, 0.2) is 11.9 Å². The summed E-state index contributed by atoms with van der Waals surface area (Å²) in [7, 11) is 0. The molecule has 5 rings (SSSR count). The molecular formula is C55H77N17O10. The van der Waals surface area contributed by atoms with Gasteiger partial charge in [0.1, 0.15) is 36.4 Å². The molecule has 1 fully saturated rings. The molecular weight excluding hydrogens is 1060 g/mol. The first-order valence-electron chi connectivity index (χ1n) is 27.1. The summed E-state index contributed by atoms with van der Waals surface area (Å²) in [5, 5.41) is 55.4. The predicted octanol–water partition coefficient (Wildman–Crippen LogP) is -2.41. The number of hydrogen-bond acceptors (Lipinski definition) is 13. The minimum absolute atomic E-state index is 0.0161. The maximum Gasteiger partial charge on any atom is 0.248 e. The van der Waals surface area contributed by atoms with E-state index in [1.807, 2.05) is 24.3 Å². The summed E-state index contributed by atoms with van der Waals surface area (Å²) in [6.45, 7) is 1.53. The van der Waals surface area contributed by atoms with Gasteiger partial charge in [-0.3, -0.25) is 59.3 Å². The number of guanidine groups is 2. The predicted molar refractivity (Wildman–Crippen MR) is 305 cm³/mol. The Kier molecular flexibility index (Phi) is 25.0. The zero-order valence-corrected chi connectivity index (χ0v) is 45.7. The largest absolute Gasteiger partial charge is 0.376 e. The number of fused-ring (bicyclic) bond motifs is 1. The molecule has 0 aliphatic carbocycles. The minimum atomic E-state index is -1.85. The fourth-order valence-corrected chi connectivity index (χ4v) is 9.32. The number of hydrogen-bond donors (Lipinski definition) is 18. The van der Waals surface area contributed by atoms with Gasteiger partial charge in [-0.2, -0.15) is 0 Å². The van der Waals surface area contributed by atoms with Crippen LogP contribution in [0.2, 0.25) is 0 Å². The first kappa shape index (κ1) is 63.7. The van der Waals surface area contributed by atoms with E-state index in [0.717, 1.165) is 10.9 Å². The Hall–Kier alpha value is -9.11. The second kappa shape index (κ2) is 32.2. The third-order valence-corrected chi connectivity index (χ3v) is 13.6. The van der Waals surface area contributed by atoms with Crippen molar-refractivity contribution in [3.8, 4) is 0 Å². The van der Waals surface area contributed by atoms with Crippen LogP contribution in [0.5, 0.6) is 0 Å². The fraction of sp³-hybridized carbons (Fsp3) is 0.436. The Morgan fingerprint density at radius 2 is 1.37 bits per heavy atom. The van der Waals surface area contributed by atoms with Gasteiger partial charge >= 0.3 is 0 Å². The summed E-state index contributed by atoms with van der Waals surface area (Å²) in [6.07, 6.45) is 0.298. The van der Waals surface area contributed by atoms with Crippen LogP contribution in [0.15, 0.2) is 85.1 Å². The first-order valence-corrected chi connectivity index (χ1v) is 27.1. The summed E-state index contributed by atoms with van der Waals surface area (Å²) in [4.78, 5) is 127. The second-order valence-corrected chi connectivity index (χ2v) is 20.1. The smallest absolute Gasteiger partial charge is 0.248 e. The van der Waals surface area contributed by atoms with Crippen molar-refractivity contribution in [2.24, 2.45) is 22.9 Å². The Morgan fingerprint density at radius 1 is 0.707 bits per heavy atom. The zero-order valence-electron chi connectivity index (χ0n) is 45.7. The average molecular weight is 1140 g/mol. The van der Waals surface area contributed by atoms with Gasteiger partial charge in [0.05, 0.1) is 18.5 Å². The maximum atomic E-state index is 14.9. The number of rotatable bonds is 19. The van der Waals surface area contributed by atoms with Gasteiger partial charge in [0, 0.05) is 55.6 Å². The van der Waals surface area contributed by atoms with E-state index in [9.17, 15) is 48.3 Å². The van der Waals surface area contributed by atoms with E-state index in [1.165, 1.54) is 25.1 Å². The van der Waals surface area contributed by atoms with Crippen molar-refractivity contribution in [1.82, 2.24) is 58.2 Å². The third kappa shape index (κ3) is 21.2. The van der Waals surface area contributed by atoms with E-state index in [4.69, 9.17) is 33.8 Å². The number of H-pyrrole nitrogens is 1. The van der Waals surface area contributed by atoms with E-state index >= 15 is 0 Å². The van der Waals surface area contributed by atoms with Crippen LogP contribution in [0, 0.1) is 10.8 Å². The number of aliphatic hydroxyl groups is 1. The molecule has 1 aliphatic rings. The number of carbonyl (C=O) groups is 9. The quantitative estimate of drug-likeness (QED) is 0.0264. The minimum Gasteiger partial charge on any atom is -0.376 e. The van der Waals surface area contributed by atoms with E-state index in [0.29, 0.717) is 36.0 Å². The first-order chi connectivity index (χ1) is 39.2. The second-order valence-electron chi connectivity index (χ2n) is 20.1. The van der Waals surface area contributed by atoms with Gasteiger partial charge in [-0.25, -0.2) is 0 Å². The Morgan fingerprint density at radius 3 is 2.06 bits per heavy atom. The highest BCUT2D eigenvalue weighted by Gasteiger charge is 2.35. The molecule has 27 heteroatoms. The maximum absolute atomic E-state index is 14.9. The number of aromatic nitrogens is 1. The van der Waals surface area contributed by atoms with Crippen LogP contribution in [0.25, 0.3) is 10.9 Å². The molecule has 8 atom stereocenters. The monoisotopic (exact) mass is 1140 g/mol. The van der Waals surface area contributed by atoms with Crippen LogP contribution in [-0.4, -0.2) is 143 Å². The molecule has 27 nitrogen and oxygen atoms in total. The topological polar surface area (TPSA) is 462 Å². The van der Waals surface area contributed by atoms with Crippen molar-refractivity contribution in [2.45, 2.75) is 132 Å². The molecule has 22 N–H and O–H groups in total. The summed E-state index contributed by atoms with van der Waals surface area (Å²) in [6, 6.07) is 12.4. The van der Waals surface area contributed by atoms with Gasteiger partial charge in [-0.15, -0.1) is 0 Å². The molecule has 4 aromatic rings. The lowest BCUT2D eigenvalue weighted by Crippen LogP contribution is -2.62. The van der Waals surface area contributed by atoms with E-state index < -0.39 is 108 Å². The molecule has 1 unspecified atom stereocenters. The summed E-state index contributed by atoms with van der Waals surface area (Å²) in [5.74, 6) is -7.73. The highest BCUT2D eigenvalue weighted by molar-refractivity contribution is 5.97. The van der Waals surface area contributed by atoms with Crippen LogP contribution >= 0.6 is 0 Å². The number of aromatic amines is 1.